The van der Waals surface area contributed by atoms with E-state index in [0.717, 1.165) is 35.5 Å². The summed E-state index contributed by atoms with van der Waals surface area (Å²) in [7, 11) is 0. The van der Waals surface area contributed by atoms with E-state index in [1.807, 2.05) is 35.9 Å². The Hall–Kier alpha value is -3.03. The van der Waals surface area contributed by atoms with E-state index in [1.54, 1.807) is 6.92 Å². The van der Waals surface area contributed by atoms with E-state index in [9.17, 15) is 4.79 Å². The maximum atomic E-state index is 12.3. The van der Waals surface area contributed by atoms with Crippen LogP contribution in [-0.4, -0.2) is 31.3 Å². The highest BCUT2D eigenvalue weighted by Crippen LogP contribution is 2.36. The summed E-state index contributed by atoms with van der Waals surface area (Å²) in [6.07, 6.45) is 2.43. The molecule has 128 valence electrons. The van der Waals surface area contributed by atoms with Crippen molar-refractivity contribution >= 4 is 11.6 Å². The first-order chi connectivity index (χ1) is 12.1. The van der Waals surface area contributed by atoms with Crippen LogP contribution < -0.4 is 5.32 Å². The van der Waals surface area contributed by atoms with E-state index in [-0.39, 0.29) is 12.3 Å². The molecule has 2 aromatic heterocycles. The SMILES string of the molecule is Cc1noc(C)c1CC(=O)Nc1cccc(-c2nnnn2C2CC2)c1. The van der Waals surface area contributed by atoms with Gasteiger partial charge in [-0.2, -0.15) is 0 Å². The molecule has 0 saturated heterocycles. The number of nitrogens with zero attached hydrogens (tertiary/aromatic N) is 5. The average molecular weight is 338 g/mol. The van der Waals surface area contributed by atoms with Crippen molar-refractivity contribution in [3.05, 3.63) is 41.3 Å². The number of aromatic nitrogens is 5. The van der Waals surface area contributed by atoms with Crippen molar-refractivity contribution in [1.29, 1.82) is 0 Å². The molecule has 2 heterocycles. The van der Waals surface area contributed by atoms with E-state index in [1.165, 1.54) is 0 Å². The van der Waals surface area contributed by atoms with Crippen LogP contribution in [0.1, 0.15) is 35.9 Å². The maximum absolute atomic E-state index is 12.3. The number of aryl methyl sites for hydroxylation is 2. The third kappa shape index (κ3) is 3.15. The van der Waals surface area contributed by atoms with E-state index in [4.69, 9.17) is 4.52 Å². The summed E-state index contributed by atoms with van der Waals surface area (Å²) < 4.78 is 6.95. The van der Waals surface area contributed by atoms with Crippen LogP contribution in [0.25, 0.3) is 11.4 Å². The number of nitrogens with one attached hydrogen (secondary N) is 1. The molecular formula is C17H18N6O2. The molecule has 0 radical (unpaired) electrons. The summed E-state index contributed by atoms with van der Waals surface area (Å²) in [5.74, 6) is 1.28. The lowest BCUT2D eigenvalue weighted by Gasteiger charge is -2.08. The molecule has 8 nitrogen and oxygen atoms in total. The van der Waals surface area contributed by atoms with Gasteiger partial charge in [0, 0.05) is 16.8 Å². The van der Waals surface area contributed by atoms with Gasteiger partial charge in [0.1, 0.15) is 5.76 Å². The predicted octanol–water partition coefficient (Wildman–Crippen LogP) is 2.46. The number of tetrazole rings is 1. The first kappa shape index (κ1) is 15.5. The molecule has 1 amide bonds. The molecule has 1 saturated carbocycles. The summed E-state index contributed by atoms with van der Waals surface area (Å²) in [5.41, 5.74) is 3.16. The summed E-state index contributed by atoms with van der Waals surface area (Å²) in [4.78, 5) is 12.3. The molecule has 1 N–H and O–H groups in total. The second-order valence-corrected chi connectivity index (χ2v) is 6.29. The zero-order valence-corrected chi connectivity index (χ0v) is 14.1. The van der Waals surface area contributed by atoms with Gasteiger partial charge in [0.15, 0.2) is 5.82 Å². The molecule has 8 heteroatoms. The number of hydrogen-bond acceptors (Lipinski definition) is 6. The monoisotopic (exact) mass is 338 g/mol. The first-order valence-corrected chi connectivity index (χ1v) is 8.21. The van der Waals surface area contributed by atoms with Crippen molar-refractivity contribution in [3.63, 3.8) is 0 Å². The molecule has 1 fully saturated rings. The molecule has 0 unspecified atom stereocenters. The number of carbonyl (C=O) groups is 1. The molecule has 4 rings (SSSR count). The van der Waals surface area contributed by atoms with E-state index in [0.29, 0.717) is 17.5 Å². The summed E-state index contributed by atoms with van der Waals surface area (Å²) in [6, 6.07) is 7.94. The van der Waals surface area contributed by atoms with Gasteiger partial charge in [-0.1, -0.05) is 17.3 Å². The van der Waals surface area contributed by atoms with Crippen LogP contribution >= 0.6 is 0 Å². The Morgan fingerprint density at radius 1 is 1.36 bits per heavy atom. The summed E-state index contributed by atoms with van der Waals surface area (Å²) >= 11 is 0. The molecule has 25 heavy (non-hydrogen) atoms. The van der Waals surface area contributed by atoms with Gasteiger partial charge >= 0.3 is 0 Å². The standard InChI is InChI=1S/C17H18N6O2/c1-10-15(11(2)25-20-10)9-16(24)18-13-5-3-4-12(8-13)17-19-21-22-23(17)14-6-7-14/h3-5,8,14H,6-7,9H2,1-2H3,(H,18,24). The molecule has 1 aliphatic carbocycles. The highest BCUT2D eigenvalue weighted by atomic mass is 16.5. The van der Waals surface area contributed by atoms with E-state index in [2.05, 4.69) is 26.0 Å². The lowest BCUT2D eigenvalue weighted by molar-refractivity contribution is -0.115. The van der Waals surface area contributed by atoms with Gasteiger partial charge in [-0.05, 0) is 49.2 Å². The minimum absolute atomic E-state index is 0.117. The van der Waals surface area contributed by atoms with Crippen molar-refractivity contribution in [2.75, 3.05) is 5.32 Å². The molecule has 3 aromatic rings. The Balaban J connectivity index is 1.51. The Bertz CT molecular complexity index is 905. The van der Waals surface area contributed by atoms with Crippen LogP contribution in [0.4, 0.5) is 5.69 Å². The minimum atomic E-state index is -0.117. The van der Waals surface area contributed by atoms with Crippen molar-refractivity contribution in [3.8, 4) is 11.4 Å². The van der Waals surface area contributed by atoms with Gasteiger partial charge in [-0.25, -0.2) is 4.68 Å². The van der Waals surface area contributed by atoms with Crippen molar-refractivity contribution in [1.82, 2.24) is 25.4 Å². The molecule has 1 aromatic carbocycles. The Labute approximate surface area is 144 Å². The summed E-state index contributed by atoms with van der Waals surface area (Å²) in [6.45, 7) is 3.64. The van der Waals surface area contributed by atoms with Crippen molar-refractivity contribution in [2.45, 2.75) is 39.2 Å². The third-order valence-corrected chi connectivity index (χ3v) is 4.31. The zero-order chi connectivity index (χ0) is 17.4. The van der Waals surface area contributed by atoms with Crippen molar-refractivity contribution < 1.29 is 9.32 Å². The van der Waals surface area contributed by atoms with Gasteiger partial charge in [-0.15, -0.1) is 5.10 Å². The Kier molecular flexibility index (Phi) is 3.79. The molecule has 0 aliphatic heterocycles. The van der Waals surface area contributed by atoms with Crippen LogP contribution in [0.5, 0.6) is 0 Å². The molecule has 0 bridgehead atoms. The second kappa shape index (κ2) is 6.12. The third-order valence-electron chi connectivity index (χ3n) is 4.31. The lowest BCUT2D eigenvalue weighted by Crippen LogP contribution is -2.15. The molecular weight excluding hydrogens is 320 g/mol. The fourth-order valence-corrected chi connectivity index (χ4v) is 2.80. The Morgan fingerprint density at radius 3 is 2.92 bits per heavy atom. The largest absolute Gasteiger partial charge is 0.361 e. The number of anilines is 1. The van der Waals surface area contributed by atoms with Crippen molar-refractivity contribution in [2.24, 2.45) is 0 Å². The summed E-state index contributed by atoms with van der Waals surface area (Å²) in [5, 5.41) is 18.8. The second-order valence-electron chi connectivity index (χ2n) is 6.29. The number of carbonyl (C=O) groups excluding carboxylic acids is 1. The average Bonchev–Trinajstić information content (AvgIpc) is 3.25. The number of amides is 1. The topological polar surface area (TPSA) is 98.7 Å². The normalized spacial score (nSPS) is 13.8. The minimum Gasteiger partial charge on any atom is -0.361 e. The van der Waals surface area contributed by atoms with Gasteiger partial charge in [0.2, 0.25) is 5.91 Å². The molecule has 0 spiro atoms. The zero-order valence-electron chi connectivity index (χ0n) is 14.1. The Morgan fingerprint density at radius 2 is 2.20 bits per heavy atom. The number of hydrogen-bond donors (Lipinski definition) is 1. The fraction of sp³-hybridized carbons (Fsp3) is 0.353. The highest BCUT2D eigenvalue weighted by Gasteiger charge is 2.28. The first-order valence-electron chi connectivity index (χ1n) is 8.21. The van der Waals surface area contributed by atoms with E-state index < -0.39 is 0 Å². The van der Waals surface area contributed by atoms with Crippen LogP contribution in [0.2, 0.25) is 0 Å². The van der Waals surface area contributed by atoms with Crippen LogP contribution in [0.3, 0.4) is 0 Å². The molecule has 0 atom stereocenters. The van der Waals surface area contributed by atoms with Gasteiger partial charge in [0.05, 0.1) is 18.2 Å². The van der Waals surface area contributed by atoms with Crippen LogP contribution in [-0.2, 0) is 11.2 Å². The van der Waals surface area contributed by atoms with Gasteiger partial charge in [-0.3, -0.25) is 4.79 Å². The van der Waals surface area contributed by atoms with Gasteiger partial charge in [0.25, 0.3) is 0 Å². The predicted molar refractivity (Wildman–Crippen MR) is 89.8 cm³/mol. The van der Waals surface area contributed by atoms with Crippen LogP contribution in [0, 0.1) is 13.8 Å². The quantitative estimate of drug-likeness (QED) is 0.767. The number of benzene rings is 1. The lowest BCUT2D eigenvalue weighted by atomic mass is 10.1. The molecule has 1 aliphatic rings. The number of rotatable bonds is 5. The highest BCUT2D eigenvalue weighted by molar-refractivity contribution is 5.93. The van der Waals surface area contributed by atoms with E-state index >= 15 is 0 Å². The smallest absolute Gasteiger partial charge is 0.228 e. The van der Waals surface area contributed by atoms with Crippen LogP contribution in [0.15, 0.2) is 28.8 Å². The van der Waals surface area contributed by atoms with Gasteiger partial charge < -0.3 is 9.84 Å². The fourth-order valence-electron chi connectivity index (χ4n) is 2.80. The maximum Gasteiger partial charge on any atom is 0.228 e.